The molecule has 0 spiro atoms. The van der Waals surface area contributed by atoms with Crippen molar-refractivity contribution >= 4 is 0 Å². The highest BCUT2D eigenvalue weighted by atomic mass is 19.1. The average Bonchev–Trinajstić information content (AvgIpc) is 2.82. The van der Waals surface area contributed by atoms with Crippen LogP contribution < -0.4 is 10.1 Å². The van der Waals surface area contributed by atoms with Crippen molar-refractivity contribution in [3.05, 3.63) is 101 Å². The third-order valence-electron chi connectivity index (χ3n) is 6.04. The monoisotopic (exact) mass is 457 g/mol. The highest BCUT2D eigenvalue weighted by Gasteiger charge is 2.35. The first-order valence-electron chi connectivity index (χ1n) is 10.8. The van der Waals surface area contributed by atoms with E-state index in [0.717, 1.165) is 16.7 Å². The molecule has 4 rings (SSSR count). The van der Waals surface area contributed by atoms with Crippen LogP contribution in [-0.4, -0.2) is 37.1 Å². The van der Waals surface area contributed by atoms with Gasteiger partial charge >= 0.3 is 0 Å². The van der Waals surface area contributed by atoms with Gasteiger partial charge in [-0.2, -0.15) is 0 Å². The molecule has 0 aromatic heterocycles. The Kier molecular flexibility index (Phi) is 7.33. The minimum absolute atomic E-state index is 0.163. The van der Waals surface area contributed by atoms with Crippen molar-refractivity contribution < 1.29 is 27.8 Å². The van der Waals surface area contributed by atoms with Gasteiger partial charge in [0.05, 0.1) is 32.0 Å². The number of aliphatic hydroxyl groups excluding tert-OH is 1. The molecule has 3 aromatic rings. The first-order chi connectivity index (χ1) is 15.9. The van der Waals surface area contributed by atoms with Gasteiger partial charge in [0.15, 0.2) is 11.6 Å². The van der Waals surface area contributed by atoms with Crippen LogP contribution in [0.3, 0.4) is 0 Å². The zero-order valence-electron chi connectivity index (χ0n) is 18.2. The Balaban J connectivity index is 1.46. The molecule has 0 aliphatic carbocycles. The average molecular weight is 457 g/mol. The van der Waals surface area contributed by atoms with E-state index in [2.05, 4.69) is 5.32 Å². The van der Waals surface area contributed by atoms with Crippen molar-refractivity contribution in [3.8, 4) is 5.75 Å². The number of hydrogen-bond acceptors (Lipinski definition) is 4. The van der Waals surface area contributed by atoms with Crippen LogP contribution in [0.2, 0.25) is 0 Å². The molecule has 2 N–H and O–H groups in total. The minimum Gasteiger partial charge on any atom is -0.494 e. The second-order valence-corrected chi connectivity index (χ2v) is 8.21. The molecule has 1 aliphatic rings. The Morgan fingerprint density at radius 2 is 1.58 bits per heavy atom. The predicted octanol–water partition coefficient (Wildman–Crippen LogP) is 4.55. The maximum atomic E-state index is 13.6. The van der Waals surface area contributed by atoms with Crippen molar-refractivity contribution in [1.29, 1.82) is 0 Å². The molecule has 1 saturated heterocycles. The first kappa shape index (κ1) is 23.3. The van der Waals surface area contributed by atoms with Gasteiger partial charge in [0.25, 0.3) is 0 Å². The maximum absolute atomic E-state index is 13.6. The molecule has 1 aliphatic heterocycles. The third kappa shape index (κ3) is 5.55. The van der Waals surface area contributed by atoms with Gasteiger partial charge in [-0.05, 0) is 53.1 Å². The van der Waals surface area contributed by atoms with Crippen LogP contribution in [0.5, 0.6) is 5.75 Å². The topological polar surface area (TPSA) is 50.7 Å². The van der Waals surface area contributed by atoms with Crippen LogP contribution in [-0.2, 0) is 11.3 Å². The molecule has 3 unspecified atom stereocenters. The summed E-state index contributed by atoms with van der Waals surface area (Å²) in [6.07, 6.45) is -0.738. The third-order valence-corrected chi connectivity index (χ3v) is 6.04. The van der Waals surface area contributed by atoms with Gasteiger partial charge < -0.3 is 19.9 Å². The summed E-state index contributed by atoms with van der Waals surface area (Å²) in [6.45, 7) is 0.662. The molecule has 0 bridgehead atoms. The Morgan fingerprint density at radius 1 is 0.970 bits per heavy atom. The molecule has 174 valence electrons. The van der Waals surface area contributed by atoms with Crippen molar-refractivity contribution in [3.63, 3.8) is 0 Å². The first-order valence-corrected chi connectivity index (χ1v) is 10.8. The van der Waals surface area contributed by atoms with Gasteiger partial charge in [-0.3, -0.25) is 0 Å². The van der Waals surface area contributed by atoms with Crippen LogP contribution in [0.25, 0.3) is 0 Å². The number of benzene rings is 3. The Hall–Kier alpha value is -2.87. The molecule has 1 fully saturated rings. The zero-order chi connectivity index (χ0) is 23.4. The van der Waals surface area contributed by atoms with E-state index in [4.69, 9.17) is 9.47 Å². The molecule has 0 amide bonds. The van der Waals surface area contributed by atoms with Crippen molar-refractivity contribution in [2.75, 3.05) is 13.7 Å². The van der Waals surface area contributed by atoms with Crippen molar-refractivity contribution in [2.45, 2.75) is 37.1 Å². The Morgan fingerprint density at radius 3 is 2.12 bits per heavy atom. The maximum Gasteiger partial charge on any atom is 0.165 e. The lowest BCUT2D eigenvalue weighted by molar-refractivity contribution is -0.0718. The Labute approximate surface area is 191 Å². The van der Waals surface area contributed by atoms with E-state index in [1.54, 1.807) is 36.4 Å². The number of rotatable bonds is 7. The van der Waals surface area contributed by atoms with Gasteiger partial charge in [0.2, 0.25) is 0 Å². The number of halogens is 3. The van der Waals surface area contributed by atoms with Gasteiger partial charge in [-0.25, -0.2) is 13.2 Å². The molecule has 4 nitrogen and oxygen atoms in total. The largest absolute Gasteiger partial charge is 0.494 e. The molecule has 1 heterocycles. The van der Waals surface area contributed by atoms with E-state index >= 15 is 0 Å². The summed E-state index contributed by atoms with van der Waals surface area (Å²) in [5.41, 5.74) is 2.47. The summed E-state index contributed by atoms with van der Waals surface area (Å²) < 4.78 is 51.8. The van der Waals surface area contributed by atoms with E-state index in [0.29, 0.717) is 13.0 Å². The van der Waals surface area contributed by atoms with Gasteiger partial charge in [-0.15, -0.1) is 0 Å². The van der Waals surface area contributed by atoms with Crippen molar-refractivity contribution in [1.82, 2.24) is 5.32 Å². The van der Waals surface area contributed by atoms with Crippen LogP contribution >= 0.6 is 0 Å². The van der Waals surface area contributed by atoms with Crippen LogP contribution in [0.4, 0.5) is 13.2 Å². The summed E-state index contributed by atoms with van der Waals surface area (Å²) in [7, 11) is 1.41. The van der Waals surface area contributed by atoms with E-state index < -0.39 is 11.9 Å². The number of hydrogen-bond donors (Lipinski definition) is 2. The molecule has 3 aromatic carbocycles. The summed E-state index contributed by atoms with van der Waals surface area (Å²) >= 11 is 0. The second kappa shape index (κ2) is 10.4. The van der Waals surface area contributed by atoms with Crippen LogP contribution in [0.1, 0.15) is 29.0 Å². The molecular weight excluding hydrogens is 431 g/mol. The van der Waals surface area contributed by atoms with E-state index in [1.165, 1.54) is 37.4 Å². The second-order valence-electron chi connectivity index (χ2n) is 8.21. The molecular formula is C26H26F3NO3. The van der Waals surface area contributed by atoms with Crippen LogP contribution in [0, 0.1) is 17.5 Å². The molecule has 3 atom stereocenters. The van der Waals surface area contributed by atoms with Gasteiger partial charge in [0.1, 0.15) is 11.6 Å². The normalized spacial score (nSPS) is 20.7. The van der Waals surface area contributed by atoms with E-state index in [-0.39, 0.29) is 42.1 Å². The summed E-state index contributed by atoms with van der Waals surface area (Å²) in [4.78, 5) is 0. The summed E-state index contributed by atoms with van der Waals surface area (Å²) in [5, 5.41) is 14.1. The summed E-state index contributed by atoms with van der Waals surface area (Å²) in [6, 6.07) is 16.6. The number of aliphatic hydroxyl groups is 1. The van der Waals surface area contributed by atoms with Crippen LogP contribution in [0.15, 0.2) is 66.7 Å². The highest BCUT2D eigenvalue weighted by molar-refractivity contribution is 5.35. The number of nitrogens with one attached hydrogen (secondary N) is 1. The SMILES string of the molecule is COc1cc(CNC2COC(C(c3ccc(F)cc3)c3ccc(F)cc3)CC2O)ccc1F. The fourth-order valence-corrected chi connectivity index (χ4v) is 4.26. The predicted molar refractivity (Wildman–Crippen MR) is 119 cm³/mol. The van der Waals surface area contributed by atoms with E-state index in [1.807, 2.05) is 0 Å². The van der Waals surface area contributed by atoms with Gasteiger partial charge in [0, 0.05) is 18.9 Å². The lowest BCUT2D eigenvalue weighted by atomic mass is 9.82. The molecule has 0 radical (unpaired) electrons. The van der Waals surface area contributed by atoms with Gasteiger partial charge in [-0.1, -0.05) is 30.3 Å². The summed E-state index contributed by atoms with van der Waals surface area (Å²) in [5.74, 6) is -1.25. The van der Waals surface area contributed by atoms with Crippen molar-refractivity contribution in [2.24, 2.45) is 0 Å². The van der Waals surface area contributed by atoms with E-state index in [9.17, 15) is 18.3 Å². The number of methoxy groups -OCH3 is 1. The zero-order valence-corrected chi connectivity index (χ0v) is 18.2. The standard InChI is InChI=1S/C26H26F3NO3/c1-32-24-12-16(2-11-21(24)29)14-30-22-15-33-25(13-23(22)31)26(17-3-7-19(27)8-4-17)18-5-9-20(28)10-6-18/h2-12,22-23,25-26,30-31H,13-15H2,1H3. The molecule has 7 heteroatoms. The fourth-order valence-electron chi connectivity index (χ4n) is 4.26. The molecule has 33 heavy (non-hydrogen) atoms. The number of ether oxygens (including phenoxy) is 2. The quantitative estimate of drug-likeness (QED) is 0.547. The lowest BCUT2D eigenvalue weighted by Gasteiger charge is -2.38. The highest BCUT2D eigenvalue weighted by Crippen LogP contribution is 2.35. The minimum atomic E-state index is -0.700. The smallest absolute Gasteiger partial charge is 0.165 e. The Bertz CT molecular complexity index is 1010. The lowest BCUT2D eigenvalue weighted by Crippen LogP contribution is -2.50. The fraction of sp³-hybridized carbons (Fsp3) is 0.308. The molecule has 0 saturated carbocycles.